The Morgan fingerprint density at radius 2 is 1.82 bits per heavy atom. The van der Waals surface area contributed by atoms with Gasteiger partial charge in [-0.2, -0.15) is 4.98 Å². The summed E-state index contributed by atoms with van der Waals surface area (Å²) < 4.78 is 0. The second kappa shape index (κ2) is 7.75. The molecule has 0 unspecified atom stereocenters. The van der Waals surface area contributed by atoms with Crippen LogP contribution in [0, 0.1) is 6.92 Å². The van der Waals surface area contributed by atoms with Crippen molar-refractivity contribution in [1.82, 2.24) is 14.9 Å². The van der Waals surface area contributed by atoms with Gasteiger partial charge in [0.2, 0.25) is 5.95 Å². The third-order valence-electron chi connectivity index (χ3n) is 3.33. The number of rotatable bonds is 7. The number of hydrogen-bond donors (Lipinski definition) is 2. The molecule has 0 bridgehead atoms. The summed E-state index contributed by atoms with van der Waals surface area (Å²) in [5.74, 6) is 1.47. The highest BCUT2D eigenvalue weighted by Gasteiger charge is 2.03. The number of benzene rings is 1. The molecule has 0 fully saturated rings. The predicted octanol–water partition coefficient (Wildman–Crippen LogP) is 3.06. The first kappa shape index (κ1) is 16.2. The maximum Gasteiger partial charge on any atom is 0.224 e. The second-order valence-electron chi connectivity index (χ2n) is 5.62. The molecule has 1 heterocycles. The quantitative estimate of drug-likeness (QED) is 0.823. The third kappa shape index (κ3) is 5.00. The molecule has 5 heteroatoms. The van der Waals surface area contributed by atoms with Crippen LogP contribution >= 0.6 is 0 Å². The van der Waals surface area contributed by atoms with E-state index in [9.17, 15) is 0 Å². The summed E-state index contributed by atoms with van der Waals surface area (Å²) in [4.78, 5) is 11.1. The van der Waals surface area contributed by atoms with Crippen LogP contribution in [0.15, 0.2) is 30.3 Å². The van der Waals surface area contributed by atoms with Gasteiger partial charge in [-0.3, -0.25) is 0 Å². The maximum atomic E-state index is 4.52. The molecule has 0 aliphatic carbocycles. The van der Waals surface area contributed by atoms with Gasteiger partial charge in [-0.1, -0.05) is 19.1 Å². The van der Waals surface area contributed by atoms with Gasteiger partial charge in [-0.25, -0.2) is 4.98 Å². The van der Waals surface area contributed by atoms with Crippen LogP contribution in [0.1, 0.15) is 18.2 Å². The molecule has 2 N–H and O–H groups in total. The molecule has 0 amide bonds. The summed E-state index contributed by atoms with van der Waals surface area (Å²) in [6.45, 7) is 5.89. The van der Waals surface area contributed by atoms with Gasteiger partial charge < -0.3 is 15.5 Å². The minimum Gasteiger partial charge on any atom is -0.353 e. The van der Waals surface area contributed by atoms with E-state index in [4.69, 9.17) is 0 Å². The van der Waals surface area contributed by atoms with E-state index in [1.807, 2.05) is 27.1 Å². The van der Waals surface area contributed by atoms with Crippen LogP contribution in [0.2, 0.25) is 0 Å². The van der Waals surface area contributed by atoms with E-state index < -0.39 is 0 Å². The monoisotopic (exact) mass is 299 g/mol. The standard InChI is InChI=1S/C17H25N5/c1-5-14-6-8-15(9-7-14)20-16-12-13(2)19-17(21-16)18-10-11-22(3)4/h6-9,12H,5,10-11H2,1-4H3,(H2,18,19,20,21). The van der Waals surface area contributed by atoms with Crippen LogP contribution in [0.25, 0.3) is 0 Å². The average molecular weight is 299 g/mol. The fourth-order valence-corrected chi connectivity index (χ4v) is 2.07. The highest BCUT2D eigenvalue weighted by atomic mass is 15.2. The van der Waals surface area contributed by atoms with Gasteiger partial charge in [0.1, 0.15) is 5.82 Å². The molecule has 0 spiro atoms. The molecule has 118 valence electrons. The zero-order valence-corrected chi connectivity index (χ0v) is 13.8. The Balaban J connectivity index is 2.04. The lowest BCUT2D eigenvalue weighted by atomic mass is 10.1. The van der Waals surface area contributed by atoms with Gasteiger partial charge in [0.05, 0.1) is 0 Å². The SMILES string of the molecule is CCc1ccc(Nc2cc(C)nc(NCCN(C)C)n2)cc1. The van der Waals surface area contributed by atoms with Gasteiger partial charge >= 0.3 is 0 Å². The molecule has 22 heavy (non-hydrogen) atoms. The van der Waals surface area contributed by atoms with E-state index in [0.717, 1.165) is 36.7 Å². The van der Waals surface area contributed by atoms with Crippen molar-refractivity contribution in [2.24, 2.45) is 0 Å². The number of aromatic nitrogens is 2. The number of anilines is 3. The molecule has 2 aromatic rings. The molecule has 0 radical (unpaired) electrons. The smallest absolute Gasteiger partial charge is 0.224 e. The zero-order chi connectivity index (χ0) is 15.9. The van der Waals surface area contributed by atoms with Crippen LogP contribution in [0.3, 0.4) is 0 Å². The van der Waals surface area contributed by atoms with E-state index in [0.29, 0.717) is 5.95 Å². The summed E-state index contributed by atoms with van der Waals surface area (Å²) in [6.07, 6.45) is 1.05. The van der Waals surface area contributed by atoms with E-state index in [2.05, 4.69) is 56.7 Å². The molecule has 0 aliphatic rings. The van der Waals surface area contributed by atoms with Crippen LogP contribution in [0.5, 0.6) is 0 Å². The number of aryl methyl sites for hydroxylation is 2. The van der Waals surface area contributed by atoms with Crippen molar-refractivity contribution in [2.75, 3.05) is 37.8 Å². The normalized spacial score (nSPS) is 10.8. The molecular weight excluding hydrogens is 274 g/mol. The van der Waals surface area contributed by atoms with Gasteiger partial charge in [0.25, 0.3) is 0 Å². The van der Waals surface area contributed by atoms with Crippen molar-refractivity contribution in [2.45, 2.75) is 20.3 Å². The number of nitrogens with one attached hydrogen (secondary N) is 2. The summed E-state index contributed by atoms with van der Waals surface area (Å²) in [7, 11) is 4.09. The summed E-state index contributed by atoms with van der Waals surface area (Å²) in [6, 6.07) is 10.4. The molecule has 1 aromatic heterocycles. The van der Waals surface area contributed by atoms with Crippen molar-refractivity contribution in [1.29, 1.82) is 0 Å². The first-order valence-electron chi connectivity index (χ1n) is 7.67. The Morgan fingerprint density at radius 3 is 2.45 bits per heavy atom. The van der Waals surface area contributed by atoms with Gasteiger partial charge in [-0.05, 0) is 45.1 Å². The Kier molecular flexibility index (Phi) is 5.72. The number of hydrogen-bond acceptors (Lipinski definition) is 5. The first-order chi connectivity index (χ1) is 10.6. The summed E-state index contributed by atoms with van der Waals surface area (Å²) in [5, 5.41) is 6.59. The van der Waals surface area contributed by atoms with E-state index in [1.165, 1.54) is 5.56 Å². The van der Waals surface area contributed by atoms with Crippen molar-refractivity contribution >= 4 is 17.5 Å². The number of nitrogens with zero attached hydrogens (tertiary/aromatic N) is 3. The van der Waals surface area contributed by atoms with Crippen molar-refractivity contribution in [3.05, 3.63) is 41.6 Å². The Hall–Kier alpha value is -2.14. The predicted molar refractivity (Wildman–Crippen MR) is 92.9 cm³/mol. The van der Waals surface area contributed by atoms with Crippen molar-refractivity contribution in [3.8, 4) is 0 Å². The Labute approximate surface area is 132 Å². The van der Waals surface area contributed by atoms with Crippen LogP contribution in [-0.2, 0) is 6.42 Å². The van der Waals surface area contributed by atoms with Crippen LogP contribution in [-0.4, -0.2) is 42.1 Å². The average Bonchev–Trinajstić information content (AvgIpc) is 2.47. The van der Waals surface area contributed by atoms with E-state index in [-0.39, 0.29) is 0 Å². The fraction of sp³-hybridized carbons (Fsp3) is 0.412. The Bertz CT molecular complexity index is 592. The summed E-state index contributed by atoms with van der Waals surface area (Å²) in [5.41, 5.74) is 3.31. The first-order valence-corrected chi connectivity index (χ1v) is 7.67. The van der Waals surface area contributed by atoms with Crippen LogP contribution in [0.4, 0.5) is 17.5 Å². The van der Waals surface area contributed by atoms with Crippen molar-refractivity contribution in [3.63, 3.8) is 0 Å². The number of likely N-dealkylation sites (N-methyl/N-ethyl adjacent to an activating group) is 1. The molecule has 5 nitrogen and oxygen atoms in total. The largest absolute Gasteiger partial charge is 0.353 e. The van der Waals surface area contributed by atoms with E-state index >= 15 is 0 Å². The minimum absolute atomic E-state index is 0.662. The molecule has 0 saturated carbocycles. The molecule has 1 aromatic carbocycles. The third-order valence-corrected chi connectivity index (χ3v) is 3.33. The Morgan fingerprint density at radius 1 is 1.09 bits per heavy atom. The highest BCUT2D eigenvalue weighted by Crippen LogP contribution is 2.17. The van der Waals surface area contributed by atoms with E-state index in [1.54, 1.807) is 0 Å². The minimum atomic E-state index is 0.662. The topological polar surface area (TPSA) is 53.1 Å². The lowest BCUT2D eigenvalue weighted by Crippen LogP contribution is -2.21. The van der Waals surface area contributed by atoms with Gasteiger partial charge in [0, 0.05) is 30.5 Å². The van der Waals surface area contributed by atoms with Gasteiger partial charge in [0.15, 0.2) is 0 Å². The maximum absolute atomic E-state index is 4.52. The molecule has 0 saturated heterocycles. The lowest BCUT2D eigenvalue weighted by molar-refractivity contribution is 0.425. The lowest BCUT2D eigenvalue weighted by Gasteiger charge is -2.12. The highest BCUT2D eigenvalue weighted by molar-refractivity contribution is 5.57. The summed E-state index contributed by atoms with van der Waals surface area (Å²) >= 11 is 0. The zero-order valence-electron chi connectivity index (χ0n) is 13.8. The molecule has 0 aliphatic heterocycles. The van der Waals surface area contributed by atoms with Crippen LogP contribution < -0.4 is 10.6 Å². The second-order valence-corrected chi connectivity index (χ2v) is 5.62. The van der Waals surface area contributed by atoms with Gasteiger partial charge in [-0.15, -0.1) is 0 Å². The molecular formula is C17H25N5. The fourth-order valence-electron chi connectivity index (χ4n) is 2.07. The molecule has 2 rings (SSSR count). The van der Waals surface area contributed by atoms with Crippen molar-refractivity contribution < 1.29 is 0 Å². The molecule has 0 atom stereocenters.